The second kappa shape index (κ2) is 19.4. The molecular weight excluding hydrogens is 201 g/mol. The summed E-state index contributed by atoms with van der Waals surface area (Å²) in [6.07, 6.45) is 3.05. The molecule has 2 heteroatoms. The highest BCUT2D eigenvalue weighted by molar-refractivity contribution is 7.22. The molecule has 0 aliphatic heterocycles. The molecule has 1 unspecified atom stereocenters. The van der Waals surface area contributed by atoms with Gasteiger partial charge in [-0.2, -0.15) is 0 Å². The van der Waals surface area contributed by atoms with Crippen LogP contribution in [-0.4, -0.2) is 13.1 Å². The van der Waals surface area contributed by atoms with Crippen LogP contribution in [-0.2, 0) is 0 Å². The van der Waals surface area contributed by atoms with E-state index in [0.29, 0.717) is 0 Å². The highest BCUT2D eigenvalue weighted by Gasteiger charge is 1.89. The maximum atomic E-state index is 3.52. The predicted octanol–water partition coefficient (Wildman–Crippen LogP) is 4.23. The molecule has 0 aromatic carbocycles. The van der Waals surface area contributed by atoms with E-state index in [4.69, 9.17) is 0 Å². The molecule has 0 heterocycles. The minimum absolute atomic E-state index is 0.842. The molecule has 0 saturated carbocycles. The molecule has 92 valence electrons. The highest BCUT2D eigenvalue weighted by atomic mass is 31.0. The third-order valence-electron chi connectivity index (χ3n) is 1.15. The van der Waals surface area contributed by atoms with Crippen LogP contribution in [0.4, 0.5) is 0 Å². The molecule has 1 atom stereocenters. The van der Waals surface area contributed by atoms with Gasteiger partial charge in [0.25, 0.3) is 0 Å². The quantitative estimate of drug-likeness (QED) is 0.434. The van der Waals surface area contributed by atoms with Gasteiger partial charge in [-0.3, -0.25) is 0 Å². The van der Waals surface area contributed by atoms with Crippen molar-refractivity contribution in [3.63, 3.8) is 0 Å². The van der Waals surface area contributed by atoms with Gasteiger partial charge in [-0.15, -0.1) is 15.8 Å². The van der Waals surface area contributed by atoms with E-state index in [1.54, 1.807) is 6.08 Å². The van der Waals surface area contributed by atoms with E-state index in [-0.39, 0.29) is 0 Å². The summed E-state index contributed by atoms with van der Waals surface area (Å²) in [5.74, 6) is 0.842. The van der Waals surface area contributed by atoms with Crippen LogP contribution in [0.3, 0.4) is 0 Å². The van der Waals surface area contributed by atoms with E-state index < -0.39 is 0 Å². The van der Waals surface area contributed by atoms with Gasteiger partial charge in [-0.25, -0.2) is 0 Å². The van der Waals surface area contributed by atoms with Gasteiger partial charge < -0.3 is 5.32 Å². The maximum absolute atomic E-state index is 3.52. The van der Waals surface area contributed by atoms with Crippen LogP contribution in [0.25, 0.3) is 0 Å². The zero-order valence-electron chi connectivity index (χ0n) is 11.3. The maximum Gasteiger partial charge on any atom is -0.00466 e. The summed E-state index contributed by atoms with van der Waals surface area (Å²) in [5, 5.41) is 4.36. The van der Waals surface area contributed by atoms with Crippen LogP contribution >= 0.6 is 9.24 Å². The number of nitrogens with one attached hydrogen (secondary N) is 1. The fourth-order valence-corrected chi connectivity index (χ4v) is 0.568. The molecule has 0 bridgehead atoms. The van der Waals surface area contributed by atoms with Crippen LogP contribution in [0.15, 0.2) is 24.5 Å². The van der Waals surface area contributed by atoms with Gasteiger partial charge in [0.2, 0.25) is 0 Å². The second-order valence-electron chi connectivity index (χ2n) is 3.79. The van der Waals surface area contributed by atoms with E-state index in [9.17, 15) is 0 Å². The van der Waals surface area contributed by atoms with Gasteiger partial charge in [0, 0.05) is 0 Å². The summed E-state index contributed by atoms with van der Waals surface area (Å²) in [6, 6.07) is 0. The Kier molecular flexibility index (Phi) is 26.3. The Morgan fingerprint density at radius 2 is 1.80 bits per heavy atom. The van der Waals surface area contributed by atoms with Crippen molar-refractivity contribution in [1.82, 2.24) is 5.32 Å². The van der Waals surface area contributed by atoms with Crippen molar-refractivity contribution in [2.75, 3.05) is 13.1 Å². The Bertz CT molecular complexity index is 126. The first-order valence-electron chi connectivity index (χ1n) is 5.60. The molecule has 0 amide bonds. The van der Waals surface area contributed by atoms with Crippen molar-refractivity contribution in [1.29, 1.82) is 0 Å². The zero-order valence-corrected chi connectivity index (χ0v) is 12.4. The van der Waals surface area contributed by atoms with Crippen LogP contribution in [0, 0.1) is 5.92 Å². The molecule has 1 N–H and O–H groups in total. The second-order valence-corrected chi connectivity index (χ2v) is 4.78. The fourth-order valence-electron chi connectivity index (χ4n) is 0.568. The van der Waals surface area contributed by atoms with Crippen molar-refractivity contribution in [3.8, 4) is 0 Å². The predicted molar refractivity (Wildman–Crippen MR) is 78.4 cm³/mol. The van der Waals surface area contributed by atoms with Crippen molar-refractivity contribution < 1.29 is 0 Å². The van der Waals surface area contributed by atoms with Crippen LogP contribution < -0.4 is 5.32 Å². The lowest BCUT2D eigenvalue weighted by atomic mass is 10.1. The van der Waals surface area contributed by atoms with E-state index in [1.165, 1.54) is 13.0 Å². The van der Waals surface area contributed by atoms with Crippen LogP contribution in [0.1, 0.15) is 41.0 Å². The lowest BCUT2D eigenvalue weighted by Gasteiger charge is -2.02. The zero-order chi connectivity index (χ0) is 12.7. The first-order valence-corrected chi connectivity index (χ1v) is 6.18. The summed E-state index contributed by atoms with van der Waals surface area (Å²) >= 11 is 0. The van der Waals surface area contributed by atoms with Crippen LogP contribution in [0.2, 0.25) is 0 Å². The summed E-state index contributed by atoms with van der Waals surface area (Å²) in [5.41, 5.74) is 0. The van der Waals surface area contributed by atoms with Gasteiger partial charge in [0.05, 0.1) is 0 Å². The molecule has 0 aliphatic rings. The van der Waals surface area contributed by atoms with Gasteiger partial charge in [0.1, 0.15) is 0 Å². The first kappa shape index (κ1) is 20.3. The molecule has 0 aromatic rings. The lowest BCUT2D eigenvalue weighted by Crippen LogP contribution is -2.15. The summed E-state index contributed by atoms with van der Waals surface area (Å²) in [7, 11) is 2.46. The first-order chi connectivity index (χ1) is 6.92. The summed E-state index contributed by atoms with van der Waals surface area (Å²) < 4.78 is 0. The molecule has 15 heavy (non-hydrogen) atoms. The topological polar surface area (TPSA) is 12.0 Å². The SMILES string of the molecule is C=C(C)P.C=CC.CCNCCC(C)C. The molecule has 0 radical (unpaired) electrons. The Hall–Kier alpha value is -0.130. The average Bonchev–Trinajstić information content (AvgIpc) is 2.04. The Morgan fingerprint density at radius 1 is 1.47 bits per heavy atom. The molecule has 0 aromatic heterocycles. The Balaban J connectivity index is -0.000000173. The Morgan fingerprint density at radius 3 is 2.00 bits per heavy atom. The minimum Gasteiger partial charge on any atom is -0.317 e. The highest BCUT2D eigenvalue weighted by Crippen LogP contribution is 1.95. The normalized spacial score (nSPS) is 8.20. The summed E-state index contributed by atoms with van der Waals surface area (Å²) in [4.78, 5) is 0. The standard InChI is InChI=1S/C7H17N.C3H7P.C3H6/c1-4-8-6-5-7(2)3;1-3(2)4;1-3-2/h7-8H,4-6H2,1-3H3;1,4H2,2H3;3H,1H2,2H3. The lowest BCUT2D eigenvalue weighted by molar-refractivity contribution is 0.546. The number of allylic oxidation sites excluding steroid dienone is 2. The molecular formula is C13H30NP. The monoisotopic (exact) mass is 231 g/mol. The summed E-state index contributed by atoms with van der Waals surface area (Å²) in [6.45, 7) is 19.6. The molecule has 1 nitrogen and oxygen atoms in total. The van der Waals surface area contributed by atoms with Gasteiger partial charge >= 0.3 is 0 Å². The third kappa shape index (κ3) is 82.4. The fraction of sp³-hybridized carbons (Fsp3) is 0.692. The average molecular weight is 231 g/mol. The molecule has 0 rings (SSSR count). The number of rotatable bonds is 4. The van der Waals surface area contributed by atoms with Crippen LogP contribution in [0.5, 0.6) is 0 Å². The van der Waals surface area contributed by atoms with E-state index in [1.807, 2.05) is 13.8 Å². The van der Waals surface area contributed by atoms with Gasteiger partial charge in [0.15, 0.2) is 0 Å². The van der Waals surface area contributed by atoms with Gasteiger partial charge in [-0.05, 0) is 39.3 Å². The molecule has 0 fully saturated rings. The third-order valence-corrected chi connectivity index (χ3v) is 1.15. The number of hydrogen-bond donors (Lipinski definition) is 1. The largest absolute Gasteiger partial charge is 0.317 e. The minimum atomic E-state index is 0.842. The molecule has 0 aliphatic carbocycles. The van der Waals surface area contributed by atoms with Gasteiger partial charge in [-0.1, -0.05) is 38.7 Å². The van der Waals surface area contributed by atoms with E-state index in [2.05, 4.69) is 48.5 Å². The van der Waals surface area contributed by atoms with E-state index in [0.717, 1.165) is 17.8 Å². The van der Waals surface area contributed by atoms with Crippen molar-refractivity contribution in [2.24, 2.45) is 5.92 Å². The molecule has 0 saturated heterocycles. The Labute approximate surface area is 99.6 Å². The van der Waals surface area contributed by atoms with E-state index >= 15 is 0 Å². The van der Waals surface area contributed by atoms with Crippen molar-refractivity contribution >= 4 is 9.24 Å². The molecule has 0 spiro atoms. The smallest absolute Gasteiger partial charge is 0.00466 e. The number of hydrogen-bond acceptors (Lipinski definition) is 1. The van der Waals surface area contributed by atoms with Crippen molar-refractivity contribution in [2.45, 2.75) is 41.0 Å². The van der Waals surface area contributed by atoms with Crippen molar-refractivity contribution in [3.05, 3.63) is 24.5 Å².